The van der Waals surface area contributed by atoms with E-state index in [2.05, 4.69) is 70.8 Å². The predicted octanol–water partition coefficient (Wildman–Crippen LogP) is 5.66. The number of likely N-dealkylation sites (N-methyl/N-ethyl adjacent to an activating group) is 1. The smallest absolute Gasteiger partial charge is 0.169 e. The Morgan fingerprint density at radius 2 is 1.53 bits per heavy atom. The van der Waals surface area contributed by atoms with E-state index in [1.54, 1.807) is 13.8 Å². The van der Waals surface area contributed by atoms with Crippen molar-refractivity contribution in [3.05, 3.63) is 28.6 Å². The molecule has 2 aliphatic rings. The highest BCUT2D eigenvalue weighted by molar-refractivity contribution is 6.82. The molecule has 1 aromatic heterocycles. The van der Waals surface area contributed by atoms with Gasteiger partial charge in [0.15, 0.2) is 8.24 Å². The third-order valence-corrected chi connectivity index (χ3v) is 15.7. The Hall–Kier alpha value is -1.46. The van der Waals surface area contributed by atoms with E-state index >= 15 is 0 Å². The molecule has 0 saturated heterocycles. The largest absolute Gasteiger partial charge is 0.371 e. The van der Waals surface area contributed by atoms with Gasteiger partial charge in [-0.1, -0.05) is 47.6 Å². The van der Waals surface area contributed by atoms with Crippen LogP contribution in [0.15, 0.2) is 6.08 Å². The van der Waals surface area contributed by atoms with Crippen LogP contribution in [0.4, 0.5) is 0 Å². The first-order valence-corrected chi connectivity index (χ1v) is 14.6. The van der Waals surface area contributed by atoms with E-state index in [0.717, 1.165) is 19.3 Å². The highest BCUT2D eigenvalue weighted by Gasteiger charge is 2.50. The molecular weight excluding hydrogens is 412 g/mol. The van der Waals surface area contributed by atoms with Gasteiger partial charge >= 0.3 is 0 Å². The SMILES string of the molecule is CC(=O)C1(C(C)=O)C=Cc2c(c3c(n2[Si](C(C)C)(C(C)C)C(C)C)CCC(N(C)C)C3)C1. The normalized spacial score (nSPS) is 20.2. The van der Waals surface area contributed by atoms with Crippen LogP contribution >= 0.6 is 0 Å². The first kappa shape index (κ1) is 25.2. The van der Waals surface area contributed by atoms with Crippen molar-refractivity contribution in [2.75, 3.05) is 14.1 Å². The lowest BCUT2D eigenvalue weighted by molar-refractivity contribution is -0.135. The Balaban J connectivity index is 2.37. The number of nitrogens with zero attached hydrogens (tertiary/aromatic N) is 2. The maximum Gasteiger partial charge on any atom is 0.169 e. The molecule has 3 rings (SSSR count). The van der Waals surface area contributed by atoms with Crippen LogP contribution in [0.1, 0.15) is 84.3 Å². The van der Waals surface area contributed by atoms with Crippen molar-refractivity contribution in [1.82, 2.24) is 9.13 Å². The van der Waals surface area contributed by atoms with Gasteiger partial charge in [-0.05, 0) is 87.5 Å². The third-order valence-electron chi connectivity index (χ3n) is 8.82. The molecule has 0 amide bonds. The van der Waals surface area contributed by atoms with Crippen molar-refractivity contribution in [2.24, 2.45) is 5.41 Å². The number of carbonyl (C=O) groups excluding carboxylic acids is 2. The number of rotatable bonds is 7. The van der Waals surface area contributed by atoms with E-state index in [0.29, 0.717) is 29.1 Å². The van der Waals surface area contributed by atoms with Gasteiger partial charge in [0.1, 0.15) is 17.0 Å². The summed E-state index contributed by atoms with van der Waals surface area (Å²) in [4.78, 5) is 27.9. The summed E-state index contributed by atoms with van der Waals surface area (Å²) in [5.74, 6) is -0.0677. The zero-order chi connectivity index (χ0) is 24.2. The zero-order valence-corrected chi connectivity index (χ0v) is 23.0. The summed E-state index contributed by atoms with van der Waals surface area (Å²) in [6, 6.07) is 0.505. The first-order valence-electron chi connectivity index (χ1n) is 12.5. The highest BCUT2D eigenvalue weighted by Crippen LogP contribution is 2.49. The van der Waals surface area contributed by atoms with Gasteiger partial charge in [0.25, 0.3) is 0 Å². The molecule has 1 aromatic rings. The average Bonchev–Trinajstić information content (AvgIpc) is 3.00. The predicted molar refractivity (Wildman–Crippen MR) is 137 cm³/mol. The van der Waals surface area contributed by atoms with Crippen molar-refractivity contribution in [2.45, 2.75) is 104 Å². The summed E-state index contributed by atoms with van der Waals surface area (Å²) < 4.78 is 2.81. The van der Waals surface area contributed by atoms with Crippen molar-refractivity contribution in [3.8, 4) is 0 Å². The van der Waals surface area contributed by atoms with Crippen LogP contribution in [0.3, 0.4) is 0 Å². The molecule has 178 valence electrons. The molecule has 5 heteroatoms. The van der Waals surface area contributed by atoms with Gasteiger partial charge in [-0.2, -0.15) is 0 Å². The van der Waals surface area contributed by atoms with E-state index < -0.39 is 13.7 Å². The van der Waals surface area contributed by atoms with Crippen LogP contribution in [0.25, 0.3) is 6.08 Å². The van der Waals surface area contributed by atoms with Crippen LogP contribution in [0.2, 0.25) is 16.6 Å². The monoisotopic (exact) mass is 456 g/mol. The molecule has 4 nitrogen and oxygen atoms in total. The van der Waals surface area contributed by atoms with Crippen molar-refractivity contribution >= 4 is 25.9 Å². The number of hydrogen-bond donors (Lipinski definition) is 0. The molecule has 1 heterocycles. The highest BCUT2D eigenvalue weighted by atomic mass is 28.3. The number of Topliss-reactive ketones (excluding diaryl/α,β-unsaturated/α-hetero) is 2. The van der Waals surface area contributed by atoms with Crippen LogP contribution < -0.4 is 0 Å². The average molecular weight is 457 g/mol. The second kappa shape index (κ2) is 8.71. The minimum atomic E-state index is -1.98. The summed E-state index contributed by atoms with van der Waals surface area (Å²) in [5, 5.41) is 0. The zero-order valence-electron chi connectivity index (χ0n) is 22.0. The Bertz CT molecular complexity index is 900. The third kappa shape index (κ3) is 3.51. The Morgan fingerprint density at radius 3 is 1.97 bits per heavy atom. The first-order chi connectivity index (χ1) is 14.8. The number of fused-ring (bicyclic) bond motifs is 3. The molecule has 32 heavy (non-hydrogen) atoms. The van der Waals surface area contributed by atoms with E-state index in [-0.39, 0.29) is 11.6 Å². The van der Waals surface area contributed by atoms with Gasteiger partial charge < -0.3 is 9.13 Å². The molecule has 0 bridgehead atoms. The maximum absolute atomic E-state index is 12.8. The van der Waals surface area contributed by atoms with Crippen LogP contribution in [-0.4, -0.2) is 49.1 Å². The summed E-state index contributed by atoms with van der Waals surface area (Å²) in [6.45, 7) is 17.7. The molecule has 1 atom stereocenters. The lowest BCUT2D eigenvalue weighted by Gasteiger charge is -2.47. The summed E-state index contributed by atoms with van der Waals surface area (Å²) in [6.07, 6.45) is 7.86. The molecular formula is C27H44N2O2Si. The fourth-order valence-corrected chi connectivity index (χ4v) is 14.1. The molecule has 2 aliphatic carbocycles. The van der Waals surface area contributed by atoms with Gasteiger partial charge in [-0.25, -0.2) is 0 Å². The van der Waals surface area contributed by atoms with Crippen LogP contribution in [0, 0.1) is 5.41 Å². The Morgan fingerprint density at radius 1 is 1.00 bits per heavy atom. The second-order valence-electron chi connectivity index (χ2n) is 11.4. The molecule has 0 N–H and O–H groups in total. The van der Waals surface area contributed by atoms with Crippen molar-refractivity contribution in [1.29, 1.82) is 0 Å². The topological polar surface area (TPSA) is 42.3 Å². The molecule has 1 unspecified atom stereocenters. The van der Waals surface area contributed by atoms with Gasteiger partial charge in [0, 0.05) is 17.4 Å². The number of ketones is 2. The fourth-order valence-electron chi connectivity index (χ4n) is 7.21. The molecule has 0 fully saturated rings. The minimum absolute atomic E-state index is 0.0338. The Kier molecular flexibility index (Phi) is 6.85. The number of carbonyl (C=O) groups is 2. The summed E-state index contributed by atoms with van der Waals surface area (Å²) in [7, 11) is 2.36. The fraction of sp³-hybridized carbons (Fsp3) is 0.704. The number of aromatic nitrogens is 1. The standard InChI is InChI=1S/C27H44N2O2Si/c1-17(2)32(18(3)4,19(5)6)29-25-12-11-22(28(9)10)15-23(25)24-16-27(20(7)30,21(8)31)14-13-26(24)29/h13-14,17-19,22H,11-12,15-16H2,1-10H3. The molecule has 0 aliphatic heterocycles. The van der Waals surface area contributed by atoms with Crippen molar-refractivity contribution in [3.63, 3.8) is 0 Å². The second-order valence-corrected chi connectivity index (χ2v) is 17.1. The van der Waals surface area contributed by atoms with E-state index in [4.69, 9.17) is 0 Å². The summed E-state index contributed by atoms with van der Waals surface area (Å²) in [5.41, 5.74) is 6.29. The van der Waals surface area contributed by atoms with E-state index in [1.165, 1.54) is 22.5 Å². The summed E-state index contributed by atoms with van der Waals surface area (Å²) >= 11 is 0. The molecule has 0 radical (unpaired) electrons. The molecule has 0 aromatic carbocycles. The molecule has 0 saturated carbocycles. The quantitative estimate of drug-likeness (QED) is 0.392. The Labute approximate surface area is 196 Å². The minimum Gasteiger partial charge on any atom is -0.371 e. The van der Waals surface area contributed by atoms with Gasteiger partial charge in [0.2, 0.25) is 0 Å². The van der Waals surface area contributed by atoms with Gasteiger partial charge in [0.05, 0.1) is 0 Å². The lowest BCUT2D eigenvalue weighted by atomic mass is 9.71. The number of hydrogen-bond acceptors (Lipinski definition) is 3. The number of allylic oxidation sites excluding steroid dienone is 1. The molecule has 0 spiro atoms. The lowest BCUT2D eigenvalue weighted by Crippen LogP contribution is -2.53. The van der Waals surface area contributed by atoms with E-state index in [1.807, 2.05) is 6.08 Å². The van der Waals surface area contributed by atoms with Crippen LogP contribution in [-0.2, 0) is 28.9 Å². The maximum atomic E-state index is 12.8. The van der Waals surface area contributed by atoms with Crippen LogP contribution in [0.5, 0.6) is 0 Å². The van der Waals surface area contributed by atoms with Crippen molar-refractivity contribution < 1.29 is 9.59 Å². The van der Waals surface area contributed by atoms with E-state index in [9.17, 15) is 9.59 Å². The van der Waals surface area contributed by atoms with Gasteiger partial charge in [-0.3, -0.25) is 9.59 Å². The van der Waals surface area contributed by atoms with Gasteiger partial charge in [-0.15, -0.1) is 0 Å².